The third-order valence-corrected chi connectivity index (χ3v) is 5.87. The second-order valence-electron chi connectivity index (χ2n) is 5.93. The Balaban J connectivity index is 1.75. The molecule has 0 heterocycles. The Morgan fingerprint density at radius 3 is 1.96 bits per heavy atom. The molecule has 1 N–H and O–H groups in total. The lowest BCUT2D eigenvalue weighted by Crippen LogP contribution is -2.13. The minimum Gasteiger partial charge on any atom is -0.457 e. The van der Waals surface area contributed by atoms with Gasteiger partial charge in [0.15, 0.2) is 0 Å². The van der Waals surface area contributed by atoms with E-state index in [0.717, 1.165) is 15.6 Å². The van der Waals surface area contributed by atoms with Crippen molar-refractivity contribution in [3.05, 3.63) is 82.3 Å². The van der Waals surface area contributed by atoms with Gasteiger partial charge in [-0.05, 0) is 85.6 Å². The van der Waals surface area contributed by atoms with Crippen LogP contribution < -0.4 is 9.46 Å². The number of nitrogens with one attached hydrogen (secondary N) is 1. The Morgan fingerprint density at radius 2 is 1.38 bits per heavy atom. The number of hydrogen-bond donors (Lipinski definition) is 1. The van der Waals surface area contributed by atoms with E-state index in [1.165, 1.54) is 12.1 Å². The highest BCUT2D eigenvalue weighted by atomic mass is 79.9. The van der Waals surface area contributed by atoms with Crippen LogP contribution in [0.5, 0.6) is 11.5 Å². The third kappa shape index (κ3) is 4.45. The first kappa shape index (κ1) is 18.5. The summed E-state index contributed by atoms with van der Waals surface area (Å²) in [6, 6.07) is 19.2. The number of anilines is 1. The fourth-order valence-corrected chi connectivity index (χ4v) is 3.66. The number of hydrogen-bond acceptors (Lipinski definition) is 3. The molecule has 0 atom stereocenters. The summed E-state index contributed by atoms with van der Waals surface area (Å²) in [5.41, 5.74) is 2.69. The topological polar surface area (TPSA) is 55.4 Å². The van der Waals surface area contributed by atoms with E-state index in [9.17, 15) is 8.42 Å². The van der Waals surface area contributed by atoms with Crippen LogP contribution in [0.15, 0.2) is 76.1 Å². The summed E-state index contributed by atoms with van der Waals surface area (Å²) in [5, 5.41) is 0. The Hall–Kier alpha value is -2.31. The van der Waals surface area contributed by atoms with Crippen molar-refractivity contribution in [2.24, 2.45) is 0 Å². The van der Waals surface area contributed by atoms with Crippen molar-refractivity contribution >= 4 is 31.6 Å². The summed E-state index contributed by atoms with van der Waals surface area (Å²) in [5.74, 6) is 1.24. The van der Waals surface area contributed by atoms with E-state index in [1.54, 1.807) is 18.2 Å². The number of benzene rings is 3. The molecular formula is C20H18BrNO3S. The smallest absolute Gasteiger partial charge is 0.261 e. The van der Waals surface area contributed by atoms with Crippen LogP contribution in [0.4, 0.5) is 5.69 Å². The normalized spacial score (nSPS) is 11.2. The van der Waals surface area contributed by atoms with Crippen molar-refractivity contribution in [3.63, 3.8) is 0 Å². The van der Waals surface area contributed by atoms with Gasteiger partial charge in [-0.3, -0.25) is 4.72 Å². The maximum absolute atomic E-state index is 12.5. The predicted molar refractivity (Wildman–Crippen MR) is 107 cm³/mol. The standard InChI is InChI=1S/C20H18BrNO3S/c1-14-3-6-17(13-15(14)2)22-26(23,24)20-11-9-19(10-12-20)25-18-7-4-16(21)5-8-18/h3-13,22H,1-2H3. The molecular weight excluding hydrogens is 414 g/mol. The van der Waals surface area contributed by atoms with Gasteiger partial charge in [0.2, 0.25) is 0 Å². The number of rotatable bonds is 5. The van der Waals surface area contributed by atoms with Gasteiger partial charge in [0, 0.05) is 10.2 Å². The molecule has 0 radical (unpaired) electrons. The van der Waals surface area contributed by atoms with Crippen LogP contribution in [0.2, 0.25) is 0 Å². The number of ether oxygens (including phenoxy) is 1. The van der Waals surface area contributed by atoms with Crippen LogP contribution in [-0.4, -0.2) is 8.42 Å². The number of halogens is 1. The van der Waals surface area contributed by atoms with E-state index in [1.807, 2.05) is 50.2 Å². The molecule has 0 fully saturated rings. The first-order valence-corrected chi connectivity index (χ1v) is 10.2. The molecule has 0 aliphatic rings. The lowest BCUT2D eigenvalue weighted by Gasteiger charge is -2.11. The van der Waals surface area contributed by atoms with Crippen LogP contribution in [0.1, 0.15) is 11.1 Å². The molecule has 0 spiro atoms. The van der Waals surface area contributed by atoms with E-state index < -0.39 is 10.0 Å². The zero-order valence-electron chi connectivity index (χ0n) is 14.4. The summed E-state index contributed by atoms with van der Waals surface area (Å²) in [6.45, 7) is 3.93. The predicted octanol–water partition coefficient (Wildman–Crippen LogP) is 5.66. The van der Waals surface area contributed by atoms with Gasteiger partial charge in [0.1, 0.15) is 11.5 Å². The lowest BCUT2D eigenvalue weighted by atomic mass is 10.1. The highest BCUT2D eigenvalue weighted by molar-refractivity contribution is 9.10. The van der Waals surface area contributed by atoms with Crippen LogP contribution in [0, 0.1) is 13.8 Å². The van der Waals surface area contributed by atoms with Gasteiger partial charge in [0.25, 0.3) is 10.0 Å². The van der Waals surface area contributed by atoms with Gasteiger partial charge < -0.3 is 4.74 Å². The zero-order valence-corrected chi connectivity index (χ0v) is 16.8. The first-order valence-electron chi connectivity index (χ1n) is 7.97. The summed E-state index contributed by atoms with van der Waals surface area (Å²) >= 11 is 3.37. The van der Waals surface area contributed by atoms with E-state index in [-0.39, 0.29) is 4.90 Å². The average Bonchev–Trinajstić information content (AvgIpc) is 2.60. The molecule has 3 aromatic rings. The molecule has 0 aliphatic heterocycles. The molecule has 0 unspecified atom stereocenters. The monoisotopic (exact) mass is 431 g/mol. The van der Waals surface area contributed by atoms with E-state index >= 15 is 0 Å². The van der Waals surface area contributed by atoms with Crippen molar-refractivity contribution in [1.29, 1.82) is 0 Å². The molecule has 6 heteroatoms. The van der Waals surface area contributed by atoms with E-state index in [2.05, 4.69) is 20.7 Å². The number of aryl methyl sites for hydroxylation is 2. The quantitative estimate of drug-likeness (QED) is 0.566. The highest BCUT2D eigenvalue weighted by Crippen LogP contribution is 2.25. The zero-order chi connectivity index (χ0) is 18.7. The lowest BCUT2D eigenvalue weighted by molar-refractivity contribution is 0.482. The molecule has 0 aromatic heterocycles. The SMILES string of the molecule is Cc1ccc(NS(=O)(=O)c2ccc(Oc3ccc(Br)cc3)cc2)cc1C. The molecule has 3 rings (SSSR count). The van der Waals surface area contributed by atoms with Crippen molar-refractivity contribution in [3.8, 4) is 11.5 Å². The Morgan fingerprint density at radius 1 is 0.808 bits per heavy atom. The van der Waals surface area contributed by atoms with Crippen LogP contribution >= 0.6 is 15.9 Å². The minimum absolute atomic E-state index is 0.180. The fourth-order valence-electron chi connectivity index (χ4n) is 2.34. The molecule has 4 nitrogen and oxygen atoms in total. The van der Waals surface area contributed by atoms with Gasteiger partial charge >= 0.3 is 0 Å². The molecule has 0 saturated heterocycles. The summed E-state index contributed by atoms with van der Waals surface area (Å²) in [4.78, 5) is 0.180. The summed E-state index contributed by atoms with van der Waals surface area (Å²) in [7, 11) is -3.65. The molecule has 3 aromatic carbocycles. The van der Waals surface area contributed by atoms with Gasteiger partial charge in [-0.15, -0.1) is 0 Å². The average molecular weight is 432 g/mol. The summed E-state index contributed by atoms with van der Waals surface area (Å²) in [6.07, 6.45) is 0. The Labute approximate surface area is 162 Å². The van der Waals surface area contributed by atoms with E-state index in [4.69, 9.17) is 4.74 Å². The van der Waals surface area contributed by atoms with Gasteiger partial charge in [0.05, 0.1) is 4.90 Å². The Bertz CT molecular complexity index is 1010. The first-order chi connectivity index (χ1) is 12.3. The van der Waals surface area contributed by atoms with Crippen LogP contribution in [-0.2, 0) is 10.0 Å². The fraction of sp³-hybridized carbons (Fsp3) is 0.100. The largest absolute Gasteiger partial charge is 0.457 e. The van der Waals surface area contributed by atoms with Gasteiger partial charge in [-0.1, -0.05) is 22.0 Å². The van der Waals surface area contributed by atoms with Gasteiger partial charge in [-0.25, -0.2) is 8.42 Å². The molecule has 134 valence electrons. The van der Waals surface area contributed by atoms with Crippen LogP contribution in [0.25, 0.3) is 0 Å². The molecule has 0 saturated carbocycles. The second-order valence-corrected chi connectivity index (χ2v) is 8.53. The number of sulfonamides is 1. The minimum atomic E-state index is -3.65. The third-order valence-electron chi connectivity index (χ3n) is 3.94. The van der Waals surface area contributed by atoms with Crippen molar-refractivity contribution in [1.82, 2.24) is 0 Å². The second kappa shape index (κ2) is 7.51. The molecule has 0 amide bonds. The molecule has 0 aliphatic carbocycles. The molecule has 0 bridgehead atoms. The van der Waals surface area contributed by atoms with Crippen molar-refractivity contribution in [2.75, 3.05) is 4.72 Å². The Kier molecular flexibility index (Phi) is 5.34. The van der Waals surface area contributed by atoms with Crippen LogP contribution in [0.3, 0.4) is 0 Å². The maximum Gasteiger partial charge on any atom is 0.261 e. The highest BCUT2D eigenvalue weighted by Gasteiger charge is 2.14. The van der Waals surface area contributed by atoms with Crippen molar-refractivity contribution in [2.45, 2.75) is 18.7 Å². The molecule has 26 heavy (non-hydrogen) atoms. The van der Waals surface area contributed by atoms with Gasteiger partial charge in [-0.2, -0.15) is 0 Å². The van der Waals surface area contributed by atoms with E-state index in [0.29, 0.717) is 17.2 Å². The van der Waals surface area contributed by atoms with Crippen molar-refractivity contribution < 1.29 is 13.2 Å². The summed E-state index contributed by atoms with van der Waals surface area (Å²) < 4.78 is 34.4. The maximum atomic E-state index is 12.5.